The molecule has 0 amide bonds. The predicted molar refractivity (Wildman–Crippen MR) is 77.2 cm³/mol. The van der Waals surface area contributed by atoms with E-state index >= 15 is 0 Å². The topological polar surface area (TPSA) is 36.4 Å². The fraction of sp³-hybridized carbons (Fsp3) is 0.438. The molecule has 0 aliphatic carbocycles. The van der Waals surface area contributed by atoms with Crippen molar-refractivity contribution in [1.82, 2.24) is 9.88 Å². The van der Waals surface area contributed by atoms with Gasteiger partial charge in [0.15, 0.2) is 0 Å². The fourth-order valence-corrected chi connectivity index (χ4v) is 3.10. The number of aromatic nitrogens is 1. The first-order valence-electron chi connectivity index (χ1n) is 6.81. The van der Waals surface area contributed by atoms with E-state index < -0.39 is 0 Å². The van der Waals surface area contributed by atoms with Crippen LogP contribution in [0.15, 0.2) is 12.1 Å². The van der Waals surface area contributed by atoms with Crippen molar-refractivity contribution in [3.63, 3.8) is 0 Å². The van der Waals surface area contributed by atoms with Gasteiger partial charge in [0.05, 0.1) is 12.1 Å². The van der Waals surface area contributed by atoms with Crippen molar-refractivity contribution in [3.05, 3.63) is 40.1 Å². The van der Waals surface area contributed by atoms with Crippen molar-refractivity contribution in [2.75, 3.05) is 13.6 Å². The molecule has 2 heterocycles. The number of aryl methyl sites for hydroxylation is 2. The average Bonchev–Trinajstić information content (AvgIpc) is 2.36. The number of aliphatic hydroxyl groups excluding tert-OH is 1. The maximum atomic E-state index is 9.81. The van der Waals surface area contributed by atoms with Gasteiger partial charge in [-0.2, -0.15) is 0 Å². The first-order chi connectivity index (χ1) is 9.10. The lowest BCUT2D eigenvalue weighted by atomic mass is 9.94. The molecular weight excluding hydrogens is 236 g/mol. The minimum Gasteiger partial charge on any atom is -0.392 e. The second kappa shape index (κ2) is 4.58. The Hall–Kier alpha value is -1.45. The summed E-state index contributed by atoms with van der Waals surface area (Å²) in [5, 5.41) is 10.9. The third kappa shape index (κ3) is 2.03. The maximum absolute atomic E-state index is 9.81. The van der Waals surface area contributed by atoms with Crippen molar-refractivity contribution in [3.8, 4) is 0 Å². The molecular formula is C16H20N2O. The summed E-state index contributed by atoms with van der Waals surface area (Å²) in [5.41, 5.74) is 6.95. The van der Waals surface area contributed by atoms with Crippen LogP contribution in [0.1, 0.15) is 27.9 Å². The highest BCUT2D eigenvalue weighted by Gasteiger charge is 2.20. The maximum Gasteiger partial charge on any atom is 0.0738 e. The average molecular weight is 256 g/mol. The highest BCUT2D eigenvalue weighted by molar-refractivity contribution is 5.87. The van der Waals surface area contributed by atoms with Crippen LogP contribution in [-0.4, -0.2) is 28.6 Å². The molecule has 0 spiro atoms. The van der Waals surface area contributed by atoms with E-state index in [0.29, 0.717) is 0 Å². The summed E-state index contributed by atoms with van der Waals surface area (Å²) >= 11 is 0. The molecule has 0 saturated carbocycles. The lowest BCUT2D eigenvalue weighted by Crippen LogP contribution is -2.28. The van der Waals surface area contributed by atoms with Gasteiger partial charge in [-0.05, 0) is 43.7 Å². The van der Waals surface area contributed by atoms with E-state index in [4.69, 9.17) is 4.98 Å². The van der Waals surface area contributed by atoms with Crippen molar-refractivity contribution in [1.29, 1.82) is 0 Å². The van der Waals surface area contributed by atoms with Crippen molar-refractivity contribution in [2.24, 2.45) is 0 Å². The van der Waals surface area contributed by atoms with E-state index in [1.54, 1.807) is 0 Å². The Labute approximate surface area is 113 Å². The molecule has 0 bridgehead atoms. The lowest BCUT2D eigenvalue weighted by molar-refractivity contribution is 0.271. The van der Waals surface area contributed by atoms with Gasteiger partial charge in [0.2, 0.25) is 0 Å². The van der Waals surface area contributed by atoms with Crippen LogP contribution in [0.5, 0.6) is 0 Å². The molecule has 2 aromatic rings. The summed E-state index contributed by atoms with van der Waals surface area (Å²) < 4.78 is 0. The second-order valence-electron chi connectivity index (χ2n) is 5.64. The van der Waals surface area contributed by atoms with E-state index in [1.807, 2.05) is 0 Å². The SMILES string of the molecule is Cc1cc(C)c2nc3c(c(CO)c2c1)CN(C)CC3. The molecule has 1 aliphatic rings. The molecule has 0 radical (unpaired) electrons. The molecule has 0 unspecified atom stereocenters. The van der Waals surface area contributed by atoms with Gasteiger partial charge in [-0.25, -0.2) is 0 Å². The van der Waals surface area contributed by atoms with E-state index in [9.17, 15) is 5.11 Å². The van der Waals surface area contributed by atoms with Crippen LogP contribution in [-0.2, 0) is 19.6 Å². The number of fused-ring (bicyclic) bond motifs is 2. The third-order valence-corrected chi connectivity index (χ3v) is 4.05. The van der Waals surface area contributed by atoms with Crippen molar-refractivity contribution < 1.29 is 5.11 Å². The molecule has 1 aliphatic heterocycles. The minimum atomic E-state index is 0.0953. The van der Waals surface area contributed by atoms with E-state index in [0.717, 1.165) is 36.0 Å². The smallest absolute Gasteiger partial charge is 0.0738 e. The van der Waals surface area contributed by atoms with Crippen LogP contribution in [0.3, 0.4) is 0 Å². The Bertz CT molecular complexity index is 649. The zero-order valence-electron chi connectivity index (χ0n) is 11.8. The van der Waals surface area contributed by atoms with Crippen LogP contribution in [0.2, 0.25) is 0 Å². The number of hydrogen-bond acceptors (Lipinski definition) is 3. The predicted octanol–water partition coefficient (Wildman–Crippen LogP) is 2.33. The molecule has 0 fully saturated rings. The molecule has 1 aromatic heterocycles. The van der Waals surface area contributed by atoms with E-state index in [1.165, 1.54) is 22.4 Å². The van der Waals surface area contributed by atoms with Gasteiger partial charge in [-0.1, -0.05) is 11.6 Å². The Morgan fingerprint density at radius 2 is 2.11 bits per heavy atom. The van der Waals surface area contributed by atoms with E-state index in [-0.39, 0.29) is 6.61 Å². The zero-order chi connectivity index (χ0) is 13.6. The Morgan fingerprint density at radius 1 is 1.32 bits per heavy atom. The van der Waals surface area contributed by atoms with Crippen LogP contribution in [0, 0.1) is 13.8 Å². The second-order valence-corrected chi connectivity index (χ2v) is 5.64. The molecule has 3 heteroatoms. The van der Waals surface area contributed by atoms with Gasteiger partial charge in [0.1, 0.15) is 0 Å². The number of hydrogen-bond donors (Lipinski definition) is 1. The van der Waals surface area contributed by atoms with Gasteiger partial charge >= 0.3 is 0 Å². The minimum absolute atomic E-state index is 0.0953. The molecule has 3 nitrogen and oxygen atoms in total. The molecule has 19 heavy (non-hydrogen) atoms. The first-order valence-corrected chi connectivity index (χ1v) is 6.81. The normalized spacial score (nSPS) is 15.8. The molecule has 3 rings (SSSR count). The third-order valence-electron chi connectivity index (χ3n) is 4.05. The Morgan fingerprint density at radius 3 is 2.84 bits per heavy atom. The Balaban J connectivity index is 2.36. The van der Waals surface area contributed by atoms with Gasteiger partial charge in [-0.3, -0.25) is 4.98 Å². The van der Waals surface area contributed by atoms with Crippen molar-refractivity contribution >= 4 is 10.9 Å². The molecule has 0 saturated heterocycles. The number of aliphatic hydroxyl groups is 1. The lowest BCUT2D eigenvalue weighted by Gasteiger charge is -2.27. The fourth-order valence-electron chi connectivity index (χ4n) is 3.10. The molecule has 0 atom stereocenters. The van der Waals surface area contributed by atoms with Crippen LogP contribution >= 0.6 is 0 Å². The summed E-state index contributed by atoms with van der Waals surface area (Å²) in [5.74, 6) is 0. The quantitative estimate of drug-likeness (QED) is 0.850. The number of pyridine rings is 1. The van der Waals surface area contributed by atoms with Crippen LogP contribution in [0.25, 0.3) is 10.9 Å². The van der Waals surface area contributed by atoms with Gasteiger partial charge in [0, 0.05) is 30.6 Å². The van der Waals surface area contributed by atoms with Crippen LogP contribution in [0.4, 0.5) is 0 Å². The highest BCUT2D eigenvalue weighted by Crippen LogP contribution is 2.30. The standard InChI is InChI=1S/C16H20N2O/c1-10-6-11(2)16-12(7-10)14(9-19)13-8-18(3)5-4-15(13)17-16/h6-7,19H,4-5,8-9H2,1-3H3. The largest absolute Gasteiger partial charge is 0.392 e. The van der Waals surface area contributed by atoms with E-state index in [2.05, 4.69) is 37.9 Å². The summed E-state index contributed by atoms with van der Waals surface area (Å²) in [7, 11) is 2.12. The zero-order valence-corrected chi connectivity index (χ0v) is 11.8. The first kappa shape index (κ1) is 12.6. The number of nitrogens with zero attached hydrogens (tertiary/aromatic N) is 2. The summed E-state index contributed by atoms with van der Waals surface area (Å²) in [6.07, 6.45) is 0.974. The molecule has 1 N–H and O–H groups in total. The number of benzene rings is 1. The summed E-state index contributed by atoms with van der Waals surface area (Å²) in [6, 6.07) is 4.31. The monoisotopic (exact) mass is 256 g/mol. The summed E-state index contributed by atoms with van der Waals surface area (Å²) in [6.45, 7) is 6.23. The van der Waals surface area contributed by atoms with Gasteiger partial charge in [0.25, 0.3) is 0 Å². The molecule has 100 valence electrons. The molecule has 1 aromatic carbocycles. The summed E-state index contributed by atoms with van der Waals surface area (Å²) in [4.78, 5) is 7.15. The van der Waals surface area contributed by atoms with Crippen LogP contribution < -0.4 is 0 Å². The van der Waals surface area contributed by atoms with Crippen molar-refractivity contribution in [2.45, 2.75) is 33.4 Å². The number of likely N-dealkylation sites (N-methyl/N-ethyl adjacent to an activating group) is 1. The highest BCUT2D eigenvalue weighted by atomic mass is 16.3. The number of rotatable bonds is 1. The van der Waals surface area contributed by atoms with Gasteiger partial charge in [-0.15, -0.1) is 0 Å². The Kier molecular flexibility index (Phi) is 3.03. The van der Waals surface area contributed by atoms with Gasteiger partial charge < -0.3 is 10.0 Å².